The maximum atomic E-state index is 11.9. The van der Waals surface area contributed by atoms with Crippen LogP contribution in [-0.2, 0) is 31.0 Å². The molecular weight excluding hydrogens is 292 g/mol. The molecule has 5 nitrogen and oxygen atoms in total. The van der Waals surface area contributed by atoms with Crippen LogP contribution in [0.4, 0.5) is 4.79 Å². The molecule has 0 bridgehead atoms. The van der Waals surface area contributed by atoms with Crippen molar-refractivity contribution in [2.45, 2.75) is 26.3 Å². The summed E-state index contributed by atoms with van der Waals surface area (Å²) in [5.74, 6) is 0. The van der Waals surface area contributed by atoms with E-state index in [9.17, 15) is 9.90 Å². The molecule has 3 N–H and O–H groups in total. The molecule has 5 heteroatoms. The van der Waals surface area contributed by atoms with E-state index in [1.54, 1.807) is 7.11 Å². The van der Waals surface area contributed by atoms with Gasteiger partial charge in [0.05, 0.1) is 13.2 Å². The molecule has 0 aromatic heterocycles. The number of methoxy groups -OCH3 is 1. The van der Waals surface area contributed by atoms with Gasteiger partial charge in [0.25, 0.3) is 0 Å². The van der Waals surface area contributed by atoms with Crippen molar-refractivity contribution in [3.05, 3.63) is 70.8 Å². The maximum absolute atomic E-state index is 11.9. The molecule has 0 aliphatic carbocycles. The van der Waals surface area contributed by atoms with Crippen LogP contribution in [0.15, 0.2) is 48.5 Å². The third-order valence-corrected chi connectivity index (χ3v) is 3.48. The zero-order chi connectivity index (χ0) is 16.5. The molecule has 0 atom stereocenters. The van der Waals surface area contributed by atoms with Gasteiger partial charge in [-0.3, -0.25) is 0 Å². The largest absolute Gasteiger partial charge is 0.392 e. The number of ether oxygens (including phenoxy) is 1. The number of nitrogens with one attached hydrogen (secondary N) is 2. The van der Waals surface area contributed by atoms with E-state index in [-0.39, 0.29) is 12.6 Å². The zero-order valence-electron chi connectivity index (χ0n) is 13.2. The van der Waals surface area contributed by atoms with Gasteiger partial charge in [0, 0.05) is 20.2 Å². The third kappa shape index (κ3) is 5.39. The van der Waals surface area contributed by atoms with Crippen molar-refractivity contribution in [2.24, 2.45) is 0 Å². The molecule has 2 aromatic carbocycles. The first kappa shape index (κ1) is 17.0. The van der Waals surface area contributed by atoms with E-state index in [4.69, 9.17) is 4.74 Å². The molecule has 0 unspecified atom stereocenters. The Balaban J connectivity index is 1.82. The predicted molar refractivity (Wildman–Crippen MR) is 88.6 cm³/mol. The first-order chi connectivity index (χ1) is 11.2. The monoisotopic (exact) mass is 314 g/mol. The summed E-state index contributed by atoms with van der Waals surface area (Å²) in [6.45, 7) is 1.35. The SMILES string of the molecule is COCc1cccc(CNC(=O)NCc2ccccc2CO)c1. The highest BCUT2D eigenvalue weighted by Crippen LogP contribution is 2.08. The van der Waals surface area contributed by atoms with E-state index >= 15 is 0 Å². The lowest BCUT2D eigenvalue weighted by molar-refractivity contribution is 0.185. The van der Waals surface area contributed by atoms with E-state index < -0.39 is 0 Å². The summed E-state index contributed by atoms with van der Waals surface area (Å²) in [6.07, 6.45) is 0. The molecule has 0 aliphatic heterocycles. The van der Waals surface area contributed by atoms with E-state index in [1.807, 2.05) is 48.5 Å². The number of hydrogen-bond donors (Lipinski definition) is 3. The van der Waals surface area contributed by atoms with Crippen molar-refractivity contribution in [1.82, 2.24) is 10.6 Å². The summed E-state index contributed by atoms with van der Waals surface area (Å²) < 4.78 is 5.10. The quantitative estimate of drug-likeness (QED) is 0.734. The molecule has 2 rings (SSSR count). The molecule has 2 aromatic rings. The molecule has 0 spiro atoms. The van der Waals surface area contributed by atoms with Gasteiger partial charge in [-0.25, -0.2) is 4.79 Å². The van der Waals surface area contributed by atoms with Crippen molar-refractivity contribution >= 4 is 6.03 Å². The highest BCUT2D eigenvalue weighted by Gasteiger charge is 2.04. The number of carbonyl (C=O) groups is 1. The van der Waals surface area contributed by atoms with Crippen molar-refractivity contribution in [2.75, 3.05) is 7.11 Å². The van der Waals surface area contributed by atoms with Gasteiger partial charge < -0.3 is 20.5 Å². The fourth-order valence-corrected chi connectivity index (χ4v) is 2.30. The van der Waals surface area contributed by atoms with Gasteiger partial charge in [0.1, 0.15) is 0 Å². The predicted octanol–water partition coefficient (Wildman–Crippen LogP) is 2.32. The highest BCUT2D eigenvalue weighted by molar-refractivity contribution is 5.73. The average Bonchev–Trinajstić information content (AvgIpc) is 2.59. The van der Waals surface area contributed by atoms with Gasteiger partial charge in [0.2, 0.25) is 0 Å². The normalized spacial score (nSPS) is 10.3. The Morgan fingerprint density at radius 2 is 1.70 bits per heavy atom. The lowest BCUT2D eigenvalue weighted by Crippen LogP contribution is -2.34. The number of carbonyl (C=O) groups excluding carboxylic acids is 1. The van der Waals surface area contributed by atoms with Crippen LogP contribution in [0.3, 0.4) is 0 Å². The van der Waals surface area contributed by atoms with E-state index in [2.05, 4.69) is 10.6 Å². The zero-order valence-corrected chi connectivity index (χ0v) is 13.2. The van der Waals surface area contributed by atoms with E-state index in [0.717, 1.165) is 22.3 Å². The Morgan fingerprint density at radius 3 is 2.43 bits per heavy atom. The Morgan fingerprint density at radius 1 is 1.00 bits per heavy atom. The van der Waals surface area contributed by atoms with E-state index in [0.29, 0.717) is 19.7 Å². The number of urea groups is 1. The van der Waals surface area contributed by atoms with Gasteiger partial charge in [-0.05, 0) is 22.3 Å². The minimum absolute atomic E-state index is 0.0359. The lowest BCUT2D eigenvalue weighted by atomic mass is 10.1. The Labute approximate surface area is 136 Å². The molecule has 0 aliphatic rings. The molecule has 0 radical (unpaired) electrons. The fourth-order valence-electron chi connectivity index (χ4n) is 2.30. The summed E-state index contributed by atoms with van der Waals surface area (Å²) in [6, 6.07) is 15.1. The van der Waals surface area contributed by atoms with Crippen LogP contribution < -0.4 is 10.6 Å². The van der Waals surface area contributed by atoms with E-state index in [1.165, 1.54) is 0 Å². The van der Waals surface area contributed by atoms with Gasteiger partial charge in [-0.15, -0.1) is 0 Å². The van der Waals surface area contributed by atoms with Crippen LogP contribution >= 0.6 is 0 Å². The number of benzene rings is 2. The number of amides is 2. The molecule has 0 fully saturated rings. The van der Waals surface area contributed by atoms with Crippen molar-refractivity contribution in [1.29, 1.82) is 0 Å². The second-order valence-electron chi connectivity index (χ2n) is 5.22. The van der Waals surface area contributed by atoms with Crippen molar-refractivity contribution in [3.8, 4) is 0 Å². The average molecular weight is 314 g/mol. The van der Waals surface area contributed by atoms with Crippen LogP contribution in [0.25, 0.3) is 0 Å². The molecule has 0 saturated carbocycles. The number of hydrogen-bond acceptors (Lipinski definition) is 3. The number of aliphatic hydroxyl groups is 1. The molecule has 0 saturated heterocycles. The van der Waals surface area contributed by atoms with Crippen LogP contribution in [0.2, 0.25) is 0 Å². The van der Waals surface area contributed by atoms with Crippen molar-refractivity contribution < 1.29 is 14.6 Å². The molecule has 0 heterocycles. The lowest BCUT2D eigenvalue weighted by Gasteiger charge is -2.11. The number of rotatable bonds is 7. The first-order valence-corrected chi connectivity index (χ1v) is 7.49. The molecule has 23 heavy (non-hydrogen) atoms. The van der Waals surface area contributed by atoms with Gasteiger partial charge in [0.15, 0.2) is 0 Å². The fraction of sp³-hybridized carbons (Fsp3) is 0.278. The minimum Gasteiger partial charge on any atom is -0.392 e. The third-order valence-electron chi connectivity index (χ3n) is 3.48. The van der Waals surface area contributed by atoms with Crippen molar-refractivity contribution in [3.63, 3.8) is 0 Å². The van der Waals surface area contributed by atoms with Crippen LogP contribution in [-0.4, -0.2) is 18.2 Å². The van der Waals surface area contributed by atoms with Crippen LogP contribution in [0.5, 0.6) is 0 Å². The van der Waals surface area contributed by atoms with Gasteiger partial charge in [-0.2, -0.15) is 0 Å². The summed E-state index contributed by atoms with van der Waals surface area (Å²) >= 11 is 0. The van der Waals surface area contributed by atoms with Gasteiger partial charge in [-0.1, -0.05) is 48.5 Å². The Kier molecular flexibility index (Phi) is 6.59. The van der Waals surface area contributed by atoms with Crippen LogP contribution in [0, 0.1) is 0 Å². The summed E-state index contributed by atoms with van der Waals surface area (Å²) in [5.41, 5.74) is 3.82. The topological polar surface area (TPSA) is 70.6 Å². The highest BCUT2D eigenvalue weighted by atomic mass is 16.5. The van der Waals surface area contributed by atoms with Gasteiger partial charge >= 0.3 is 6.03 Å². The first-order valence-electron chi connectivity index (χ1n) is 7.49. The second kappa shape index (κ2) is 8.92. The smallest absolute Gasteiger partial charge is 0.315 e. The standard InChI is InChI=1S/C18H22N2O3/c1-23-13-15-6-4-5-14(9-15)10-19-18(22)20-11-16-7-2-3-8-17(16)12-21/h2-9,21H,10-13H2,1H3,(H2,19,20,22). The maximum Gasteiger partial charge on any atom is 0.315 e. The summed E-state index contributed by atoms with van der Waals surface area (Å²) in [7, 11) is 1.66. The molecule has 2 amide bonds. The number of aliphatic hydroxyl groups excluding tert-OH is 1. The minimum atomic E-state index is -0.241. The molecular formula is C18H22N2O3. The summed E-state index contributed by atoms with van der Waals surface area (Å²) in [4.78, 5) is 11.9. The molecule has 122 valence electrons. The Bertz CT molecular complexity index is 644. The van der Waals surface area contributed by atoms with Crippen LogP contribution in [0.1, 0.15) is 22.3 Å². The Hall–Kier alpha value is -2.37. The summed E-state index contributed by atoms with van der Waals surface area (Å²) in [5, 5.41) is 14.9. The second-order valence-corrected chi connectivity index (χ2v) is 5.22.